The molecular formula is C13H19NO2S. The number of aryl methyl sites for hydroxylation is 1. The molecule has 0 fully saturated rings. The Labute approximate surface area is 104 Å². The van der Waals surface area contributed by atoms with Crippen molar-refractivity contribution in [2.45, 2.75) is 31.7 Å². The molecule has 0 aliphatic carbocycles. The maximum absolute atomic E-state index is 12.1. The van der Waals surface area contributed by atoms with Crippen LogP contribution in [0.1, 0.15) is 19.4 Å². The highest BCUT2D eigenvalue weighted by molar-refractivity contribution is 7.89. The van der Waals surface area contributed by atoms with E-state index < -0.39 is 10.0 Å². The molecule has 1 atom stereocenters. The van der Waals surface area contributed by atoms with Crippen molar-refractivity contribution in [1.82, 2.24) is 4.72 Å². The van der Waals surface area contributed by atoms with Gasteiger partial charge in [-0.2, -0.15) is 0 Å². The van der Waals surface area contributed by atoms with Gasteiger partial charge in [0, 0.05) is 6.04 Å². The van der Waals surface area contributed by atoms with Crippen molar-refractivity contribution in [2.24, 2.45) is 5.92 Å². The fourth-order valence-electron chi connectivity index (χ4n) is 1.42. The SMILES string of the molecule is C=C[C@@H](NS(=O)(=O)c1ccc(C)cc1)C(C)C. The van der Waals surface area contributed by atoms with E-state index in [2.05, 4.69) is 11.3 Å². The van der Waals surface area contributed by atoms with Crippen LogP contribution in [0.5, 0.6) is 0 Å². The summed E-state index contributed by atoms with van der Waals surface area (Å²) in [6.07, 6.45) is 1.62. The van der Waals surface area contributed by atoms with Crippen molar-refractivity contribution in [3.05, 3.63) is 42.5 Å². The first-order valence-electron chi connectivity index (χ1n) is 5.58. The molecule has 4 heteroatoms. The summed E-state index contributed by atoms with van der Waals surface area (Å²) in [6.45, 7) is 9.47. The van der Waals surface area contributed by atoms with Crippen molar-refractivity contribution < 1.29 is 8.42 Å². The highest BCUT2D eigenvalue weighted by Gasteiger charge is 2.19. The van der Waals surface area contributed by atoms with Crippen molar-refractivity contribution in [3.8, 4) is 0 Å². The molecule has 0 unspecified atom stereocenters. The molecule has 0 aliphatic rings. The zero-order chi connectivity index (χ0) is 13.1. The van der Waals surface area contributed by atoms with Crippen LogP contribution in [0, 0.1) is 12.8 Å². The van der Waals surface area contributed by atoms with E-state index in [-0.39, 0.29) is 16.9 Å². The van der Waals surface area contributed by atoms with Gasteiger partial charge in [0.15, 0.2) is 0 Å². The highest BCUT2D eigenvalue weighted by atomic mass is 32.2. The summed E-state index contributed by atoms with van der Waals surface area (Å²) in [5.41, 5.74) is 1.04. The third-order valence-corrected chi connectivity index (χ3v) is 4.07. The second-order valence-corrected chi connectivity index (χ2v) is 6.15. The third-order valence-electron chi connectivity index (χ3n) is 2.59. The molecular weight excluding hydrogens is 234 g/mol. The lowest BCUT2D eigenvalue weighted by molar-refractivity contribution is 0.509. The average Bonchev–Trinajstić information content (AvgIpc) is 2.26. The van der Waals surface area contributed by atoms with Crippen LogP contribution in [0.2, 0.25) is 0 Å². The molecule has 3 nitrogen and oxygen atoms in total. The Morgan fingerprint density at radius 3 is 2.18 bits per heavy atom. The van der Waals surface area contributed by atoms with Crippen LogP contribution in [0.4, 0.5) is 0 Å². The first-order valence-corrected chi connectivity index (χ1v) is 7.06. The number of rotatable bonds is 5. The topological polar surface area (TPSA) is 46.2 Å². The predicted molar refractivity (Wildman–Crippen MR) is 70.3 cm³/mol. The van der Waals surface area contributed by atoms with E-state index in [0.29, 0.717) is 0 Å². The Bertz CT molecular complexity index is 475. The van der Waals surface area contributed by atoms with Gasteiger partial charge in [-0.15, -0.1) is 6.58 Å². The second kappa shape index (κ2) is 5.47. The van der Waals surface area contributed by atoms with Crippen LogP contribution in [0.15, 0.2) is 41.8 Å². The third kappa shape index (κ3) is 3.68. The van der Waals surface area contributed by atoms with E-state index in [0.717, 1.165) is 5.56 Å². The second-order valence-electron chi connectivity index (χ2n) is 4.44. The van der Waals surface area contributed by atoms with E-state index in [1.807, 2.05) is 20.8 Å². The molecule has 0 aromatic heterocycles. The predicted octanol–water partition coefficient (Wildman–Crippen LogP) is 2.48. The molecule has 0 amide bonds. The summed E-state index contributed by atoms with van der Waals surface area (Å²) in [5.74, 6) is 0.174. The van der Waals surface area contributed by atoms with Crippen molar-refractivity contribution in [3.63, 3.8) is 0 Å². The Balaban J connectivity index is 2.96. The highest BCUT2D eigenvalue weighted by Crippen LogP contribution is 2.13. The zero-order valence-electron chi connectivity index (χ0n) is 10.5. The molecule has 1 aromatic rings. The number of hydrogen-bond donors (Lipinski definition) is 1. The van der Waals surface area contributed by atoms with Crippen LogP contribution in [-0.4, -0.2) is 14.5 Å². The van der Waals surface area contributed by atoms with E-state index >= 15 is 0 Å². The van der Waals surface area contributed by atoms with Crippen LogP contribution in [0.25, 0.3) is 0 Å². The van der Waals surface area contributed by atoms with Gasteiger partial charge in [0.05, 0.1) is 4.90 Å². The van der Waals surface area contributed by atoms with Crippen LogP contribution in [-0.2, 0) is 10.0 Å². The molecule has 1 aromatic carbocycles. The number of sulfonamides is 1. The molecule has 0 radical (unpaired) electrons. The Kier molecular flexibility index (Phi) is 4.48. The maximum Gasteiger partial charge on any atom is 0.241 e. The lowest BCUT2D eigenvalue weighted by atomic mass is 10.1. The summed E-state index contributed by atoms with van der Waals surface area (Å²) in [5, 5.41) is 0. The number of benzene rings is 1. The number of hydrogen-bond acceptors (Lipinski definition) is 2. The molecule has 0 heterocycles. The minimum Gasteiger partial charge on any atom is -0.207 e. The fourth-order valence-corrected chi connectivity index (χ4v) is 2.78. The smallest absolute Gasteiger partial charge is 0.207 e. The lowest BCUT2D eigenvalue weighted by Crippen LogP contribution is -2.36. The standard InChI is InChI=1S/C13H19NO2S/c1-5-13(10(2)3)14-17(15,16)12-8-6-11(4)7-9-12/h5-10,13-14H,1H2,2-4H3/t13-/m1/s1. The molecule has 0 spiro atoms. The molecule has 17 heavy (non-hydrogen) atoms. The summed E-state index contributed by atoms with van der Waals surface area (Å²) in [7, 11) is -3.45. The zero-order valence-corrected chi connectivity index (χ0v) is 11.3. The van der Waals surface area contributed by atoms with Gasteiger partial charge in [0.1, 0.15) is 0 Å². The van der Waals surface area contributed by atoms with Crippen molar-refractivity contribution in [1.29, 1.82) is 0 Å². The Hall–Kier alpha value is -1.13. The van der Waals surface area contributed by atoms with Crippen LogP contribution in [0.3, 0.4) is 0 Å². The van der Waals surface area contributed by atoms with Crippen molar-refractivity contribution >= 4 is 10.0 Å². The van der Waals surface area contributed by atoms with E-state index in [1.165, 1.54) is 0 Å². The monoisotopic (exact) mass is 253 g/mol. The summed E-state index contributed by atoms with van der Waals surface area (Å²) in [4.78, 5) is 0.288. The normalized spacial score (nSPS) is 13.6. The molecule has 0 saturated heterocycles. The van der Waals surface area contributed by atoms with E-state index in [1.54, 1.807) is 30.3 Å². The average molecular weight is 253 g/mol. The van der Waals surface area contributed by atoms with Gasteiger partial charge in [-0.3, -0.25) is 0 Å². The molecule has 0 bridgehead atoms. The molecule has 0 aliphatic heterocycles. The summed E-state index contributed by atoms with van der Waals surface area (Å²) >= 11 is 0. The van der Waals surface area contributed by atoms with E-state index in [9.17, 15) is 8.42 Å². The van der Waals surface area contributed by atoms with Crippen molar-refractivity contribution in [2.75, 3.05) is 0 Å². The molecule has 0 saturated carbocycles. The Morgan fingerprint density at radius 1 is 1.24 bits per heavy atom. The van der Waals surface area contributed by atoms with Gasteiger partial charge in [-0.25, -0.2) is 13.1 Å². The van der Waals surface area contributed by atoms with Crippen LogP contribution < -0.4 is 4.72 Å². The van der Waals surface area contributed by atoms with Gasteiger partial charge in [0.2, 0.25) is 10.0 Å². The van der Waals surface area contributed by atoms with E-state index in [4.69, 9.17) is 0 Å². The number of nitrogens with one attached hydrogen (secondary N) is 1. The Morgan fingerprint density at radius 2 is 1.76 bits per heavy atom. The molecule has 1 N–H and O–H groups in total. The first-order chi connectivity index (χ1) is 7.86. The minimum atomic E-state index is -3.45. The van der Waals surface area contributed by atoms with Crippen LogP contribution >= 0.6 is 0 Å². The minimum absolute atomic E-state index is 0.174. The van der Waals surface area contributed by atoms with Gasteiger partial charge in [-0.1, -0.05) is 37.6 Å². The maximum atomic E-state index is 12.1. The van der Waals surface area contributed by atoms with Gasteiger partial charge in [-0.05, 0) is 25.0 Å². The first kappa shape index (κ1) is 13.9. The largest absolute Gasteiger partial charge is 0.241 e. The fraction of sp³-hybridized carbons (Fsp3) is 0.385. The molecule has 1 rings (SSSR count). The summed E-state index contributed by atoms with van der Waals surface area (Å²) in [6, 6.07) is 6.54. The molecule has 94 valence electrons. The summed E-state index contributed by atoms with van der Waals surface area (Å²) < 4.78 is 26.7. The lowest BCUT2D eigenvalue weighted by Gasteiger charge is -2.18. The quantitative estimate of drug-likeness (QED) is 0.819. The van der Waals surface area contributed by atoms with Gasteiger partial charge >= 0.3 is 0 Å². The van der Waals surface area contributed by atoms with Gasteiger partial charge in [0.25, 0.3) is 0 Å². The van der Waals surface area contributed by atoms with Gasteiger partial charge < -0.3 is 0 Å².